The molecule has 2 unspecified atom stereocenters. The molecule has 0 aromatic rings. The minimum absolute atomic E-state index is 0.0752. The van der Waals surface area contributed by atoms with Gasteiger partial charge in [-0.3, -0.25) is 0 Å². The lowest BCUT2D eigenvalue weighted by Gasteiger charge is -2.30. The summed E-state index contributed by atoms with van der Waals surface area (Å²) in [6.45, 7) is 3.75. The molecular formula is C12H24N2O3S. The Morgan fingerprint density at radius 1 is 1.11 bits per heavy atom. The second-order valence-electron chi connectivity index (χ2n) is 5.45. The van der Waals surface area contributed by atoms with Gasteiger partial charge in [-0.05, 0) is 25.2 Å². The quantitative estimate of drug-likeness (QED) is 0.830. The molecule has 2 heterocycles. The van der Waals surface area contributed by atoms with Gasteiger partial charge in [-0.25, -0.2) is 0 Å². The van der Waals surface area contributed by atoms with Crippen LogP contribution in [0, 0.1) is 5.92 Å². The topological polar surface area (TPSA) is 60.9 Å². The van der Waals surface area contributed by atoms with E-state index in [0.29, 0.717) is 19.6 Å². The van der Waals surface area contributed by atoms with Crippen molar-refractivity contribution in [2.24, 2.45) is 5.92 Å². The molecule has 0 aliphatic carbocycles. The van der Waals surface area contributed by atoms with Gasteiger partial charge in [0, 0.05) is 19.6 Å². The van der Waals surface area contributed by atoms with E-state index in [0.717, 1.165) is 32.1 Å². The van der Waals surface area contributed by atoms with Crippen molar-refractivity contribution in [3.63, 3.8) is 0 Å². The van der Waals surface area contributed by atoms with E-state index in [1.165, 1.54) is 4.31 Å². The molecule has 2 atom stereocenters. The zero-order chi connectivity index (χ0) is 13.2. The standard InChI is InChI=1S/C12H24N2O3S/c1-11-6-9-14(12(11)10-15)18(16,17)13-7-4-2-3-5-8-13/h11-12,15H,2-10H2,1H3. The first-order valence-electron chi connectivity index (χ1n) is 6.95. The minimum atomic E-state index is -3.37. The van der Waals surface area contributed by atoms with E-state index < -0.39 is 10.2 Å². The number of aliphatic hydroxyl groups excluding tert-OH is 1. The van der Waals surface area contributed by atoms with Crippen molar-refractivity contribution in [2.75, 3.05) is 26.2 Å². The van der Waals surface area contributed by atoms with Gasteiger partial charge < -0.3 is 5.11 Å². The average Bonchev–Trinajstić information content (AvgIpc) is 2.56. The molecule has 2 rings (SSSR count). The van der Waals surface area contributed by atoms with Crippen LogP contribution in [0.5, 0.6) is 0 Å². The first-order valence-corrected chi connectivity index (χ1v) is 8.35. The molecule has 18 heavy (non-hydrogen) atoms. The van der Waals surface area contributed by atoms with E-state index >= 15 is 0 Å². The minimum Gasteiger partial charge on any atom is -0.395 e. The van der Waals surface area contributed by atoms with Gasteiger partial charge in [0.25, 0.3) is 10.2 Å². The zero-order valence-corrected chi connectivity index (χ0v) is 11.9. The van der Waals surface area contributed by atoms with Crippen molar-refractivity contribution in [1.82, 2.24) is 8.61 Å². The molecule has 2 aliphatic heterocycles. The summed E-state index contributed by atoms with van der Waals surface area (Å²) >= 11 is 0. The summed E-state index contributed by atoms with van der Waals surface area (Å²) < 4.78 is 28.3. The Labute approximate surface area is 110 Å². The van der Waals surface area contributed by atoms with Gasteiger partial charge in [0.2, 0.25) is 0 Å². The van der Waals surface area contributed by atoms with Gasteiger partial charge in [-0.15, -0.1) is 0 Å². The highest BCUT2D eigenvalue weighted by Gasteiger charge is 2.41. The first kappa shape index (κ1) is 14.2. The molecule has 0 amide bonds. The monoisotopic (exact) mass is 276 g/mol. The summed E-state index contributed by atoms with van der Waals surface area (Å²) in [4.78, 5) is 0. The molecule has 2 saturated heterocycles. The molecular weight excluding hydrogens is 252 g/mol. The Kier molecular flexibility index (Phi) is 4.64. The van der Waals surface area contributed by atoms with Crippen molar-refractivity contribution in [1.29, 1.82) is 0 Å². The smallest absolute Gasteiger partial charge is 0.282 e. The highest BCUT2D eigenvalue weighted by Crippen LogP contribution is 2.28. The van der Waals surface area contributed by atoms with Crippen LogP contribution < -0.4 is 0 Å². The number of hydrogen-bond donors (Lipinski definition) is 1. The third-order valence-electron chi connectivity index (χ3n) is 4.21. The van der Waals surface area contributed by atoms with Gasteiger partial charge in [0.15, 0.2) is 0 Å². The lowest BCUT2D eigenvalue weighted by Crippen LogP contribution is -2.48. The fourth-order valence-electron chi connectivity index (χ4n) is 2.95. The number of aliphatic hydroxyl groups is 1. The summed E-state index contributed by atoms with van der Waals surface area (Å²) in [6.07, 6.45) is 4.98. The third kappa shape index (κ3) is 2.71. The van der Waals surface area contributed by atoms with E-state index in [4.69, 9.17) is 0 Å². The molecule has 0 aromatic heterocycles. The van der Waals surface area contributed by atoms with Crippen molar-refractivity contribution in [3.8, 4) is 0 Å². The molecule has 0 radical (unpaired) electrons. The molecule has 0 saturated carbocycles. The summed E-state index contributed by atoms with van der Waals surface area (Å²) in [7, 11) is -3.37. The van der Waals surface area contributed by atoms with Gasteiger partial charge in [-0.2, -0.15) is 17.0 Å². The molecule has 2 aliphatic rings. The Balaban J connectivity index is 2.14. The molecule has 0 bridgehead atoms. The Hall–Kier alpha value is -0.170. The molecule has 2 fully saturated rings. The van der Waals surface area contributed by atoms with E-state index in [9.17, 15) is 13.5 Å². The van der Waals surface area contributed by atoms with Crippen LogP contribution >= 0.6 is 0 Å². The maximum absolute atomic E-state index is 12.6. The van der Waals surface area contributed by atoms with Gasteiger partial charge in [0.1, 0.15) is 0 Å². The predicted molar refractivity (Wildman–Crippen MR) is 70.3 cm³/mol. The van der Waals surface area contributed by atoms with Crippen LogP contribution in [0.15, 0.2) is 0 Å². The van der Waals surface area contributed by atoms with Crippen LogP contribution in [0.2, 0.25) is 0 Å². The molecule has 6 heteroatoms. The number of rotatable bonds is 3. The molecule has 106 valence electrons. The molecule has 1 N–H and O–H groups in total. The van der Waals surface area contributed by atoms with E-state index in [1.54, 1.807) is 4.31 Å². The number of nitrogens with zero attached hydrogens (tertiary/aromatic N) is 2. The molecule has 0 aromatic carbocycles. The highest BCUT2D eigenvalue weighted by molar-refractivity contribution is 7.86. The predicted octanol–water partition coefficient (Wildman–Crippen LogP) is 0.810. The zero-order valence-electron chi connectivity index (χ0n) is 11.1. The van der Waals surface area contributed by atoms with Gasteiger partial charge in [-0.1, -0.05) is 19.8 Å². The first-order chi connectivity index (χ1) is 8.57. The normalized spacial score (nSPS) is 32.6. The van der Waals surface area contributed by atoms with Crippen LogP contribution in [0.25, 0.3) is 0 Å². The third-order valence-corrected chi connectivity index (χ3v) is 6.27. The molecule has 0 spiro atoms. The van der Waals surface area contributed by atoms with Crippen molar-refractivity contribution in [2.45, 2.75) is 45.1 Å². The second kappa shape index (κ2) is 5.86. The lowest BCUT2D eigenvalue weighted by atomic mass is 10.0. The van der Waals surface area contributed by atoms with Crippen LogP contribution in [-0.4, -0.2) is 54.4 Å². The van der Waals surface area contributed by atoms with Crippen LogP contribution in [0.1, 0.15) is 39.0 Å². The maximum atomic E-state index is 12.6. The summed E-state index contributed by atoms with van der Waals surface area (Å²) in [5.41, 5.74) is 0. The van der Waals surface area contributed by atoms with Crippen molar-refractivity contribution < 1.29 is 13.5 Å². The second-order valence-corrected chi connectivity index (χ2v) is 7.33. The fourth-order valence-corrected chi connectivity index (χ4v) is 4.92. The summed E-state index contributed by atoms with van der Waals surface area (Å²) in [5, 5.41) is 9.40. The lowest BCUT2D eigenvalue weighted by molar-refractivity contribution is 0.184. The van der Waals surface area contributed by atoms with Gasteiger partial charge in [0.05, 0.1) is 12.6 Å². The van der Waals surface area contributed by atoms with E-state index in [1.807, 2.05) is 6.92 Å². The van der Waals surface area contributed by atoms with E-state index in [2.05, 4.69) is 0 Å². The van der Waals surface area contributed by atoms with Crippen molar-refractivity contribution in [3.05, 3.63) is 0 Å². The summed E-state index contributed by atoms with van der Waals surface area (Å²) in [5.74, 6) is 0.247. The van der Waals surface area contributed by atoms with Crippen LogP contribution in [-0.2, 0) is 10.2 Å². The fraction of sp³-hybridized carbons (Fsp3) is 1.00. The van der Waals surface area contributed by atoms with Crippen LogP contribution in [0.3, 0.4) is 0 Å². The Morgan fingerprint density at radius 3 is 2.28 bits per heavy atom. The largest absolute Gasteiger partial charge is 0.395 e. The van der Waals surface area contributed by atoms with Gasteiger partial charge >= 0.3 is 0 Å². The number of hydrogen-bond acceptors (Lipinski definition) is 3. The highest BCUT2D eigenvalue weighted by atomic mass is 32.2. The Morgan fingerprint density at radius 2 is 1.72 bits per heavy atom. The maximum Gasteiger partial charge on any atom is 0.282 e. The van der Waals surface area contributed by atoms with E-state index in [-0.39, 0.29) is 18.6 Å². The summed E-state index contributed by atoms with van der Waals surface area (Å²) in [6, 6.07) is -0.238. The SMILES string of the molecule is CC1CCN(S(=O)(=O)N2CCCCCC2)C1CO. The van der Waals surface area contributed by atoms with Crippen molar-refractivity contribution >= 4 is 10.2 Å². The van der Waals surface area contributed by atoms with Crippen LogP contribution in [0.4, 0.5) is 0 Å². The Bertz CT molecular complexity index is 364. The average molecular weight is 276 g/mol. The molecule has 5 nitrogen and oxygen atoms in total.